The highest BCUT2D eigenvalue weighted by atomic mass is 35.5. The molecule has 3 heteroatoms. The number of halogens is 1. The van der Waals surface area contributed by atoms with Gasteiger partial charge in [-0.05, 0) is 35.9 Å². The summed E-state index contributed by atoms with van der Waals surface area (Å²) < 4.78 is 1.51. The molecule has 0 bridgehead atoms. The lowest BCUT2D eigenvalue weighted by Gasteiger charge is -1.96. The van der Waals surface area contributed by atoms with E-state index in [1.807, 2.05) is 24.3 Å². The van der Waals surface area contributed by atoms with Crippen molar-refractivity contribution in [3.63, 3.8) is 0 Å². The van der Waals surface area contributed by atoms with Crippen LogP contribution in [0.1, 0.15) is 10.4 Å². The summed E-state index contributed by atoms with van der Waals surface area (Å²) in [5.74, 6) is -0.0787. The van der Waals surface area contributed by atoms with Crippen LogP contribution in [0.15, 0.2) is 54.9 Å². The number of benzene rings is 1. The Labute approximate surface area is 98.8 Å². The largest absolute Gasteiger partial charge is 0.291 e. The normalized spacial score (nSPS) is 10.8. The standard InChI is InChI=1S/C13H10ClNO/c14-12-5-3-4-11(10-12)6-7-13(16)15-8-1-2-9-15/h1-10H/b7-6+. The molecule has 0 saturated carbocycles. The van der Waals surface area contributed by atoms with Crippen LogP contribution in [-0.2, 0) is 0 Å². The smallest absolute Gasteiger partial charge is 0.254 e. The van der Waals surface area contributed by atoms with Gasteiger partial charge in [0, 0.05) is 23.5 Å². The minimum atomic E-state index is -0.0787. The van der Waals surface area contributed by atoms with Crippen LogP contribution in [0.2, 0.25) is 5.02 Å². The Bertz CT molecular complexity index is 514. The van der Waals surface area contributed by atoms with E-state index in [4.69, 9.17) is 11.6 Å². The quantitative estimate of drug-likeness (QED) is 0.726. The molecular formula is C13H10ClNO. The molecule has 2 rings (SSSR count). The van der Waals surface area contributed by atoms with Gasteiger partial charge in [-0.2, -0.15) is 0 Å². The van der Waals surface area contributed by atoms with Crippen molar-refractivity contribution in [1.29, 1.82) is 0 Å². The van der Waals surface area contributed by atoms with Gasteiger partial charge in [0.1, 0.15) is 0 Å². The van der Waals surface area contributed by atoms with Crippen molar-refractivity contribution < 1.29 is 4.79 Å². The van der Waals surface area contributed by atoms with E-state index in [2.05, 4.69) is 0 Å². The van der Waals surface area contributed by atoms with Crippen LogP contribution in [0.25, 0.3) is 6.08 Å². The summed E-state index contributed by atoms with van der Waals surface area (Å²) in [6.07, 6.45) is 6.69. The zero-order valence-corrected chi connectivity index (χ0v) is 9.26. The van der Waals surface area contributed by atoms with Crippen molar-refractivity contribution in [2.75, 3.05) is 0 Å². The highest BCUT2D eigenvalue weighted by Crippen LogP contribution is 2.11. The molecule has 0 aliphatic rings. The summed E-state index contributed by atoms with van der Waals surface area (Å²) in [6.45, 7) is 0. The number of allylic oxidation sites excluding steroid dienone is 1. The van der Waals surface area contributed by atoms with Crippen molar-refractivity contribution in [2.24, 2.45) is 0 Å². The van der Waals surface area contributed by atoms with Crippen LogP contribution in [0, 0.1) is 0 Å². The van der Waals surface area contributed by atoms with Gasteiger partial charge in [0.25, 0.3) is 5.91 Å². The topological polar surface area (TPSA) is 22.0 Å². The van der Waals surface area contributed by atoms with Crippen LogP contribution in [-0.4, -0.2) is 10.5 Å². The molecule has 0 aliphatic carbocycles. The summed E-state index contributed by atoms with van der Waals surface area (Å²) in [7, 11) is 0. The molecule has 0 unspecified atom stereocenters. The molecule has 0 saturated heterocycles. The minimum absolute atomic E-state index is 0.0787. The third-order valence-electron chi connectivity index (χ3n) is 2.13. The Balaban J connectivity index is 2.13. The Hall–Kier alpha value is -1.80. The maximum absolute atomic E-state index is 11.6. The van der Waals surface area contributed by atoms with Gasteiger partial charge in [0.05, 0.1) is 0 Å². The molecule has 0 N–H and O–H groups in total. The van der Waals surface area contributed by atoms with E-state index < -0.39 is 0 Å². The number of hydrogen-bond acceptors (Lipinski definition) is 1. The molecule has 2 aromatic rings. The van der Waals surface area contributed by atoms with Gasteiger partial charge in [0.2, 0.25) is 0 Å². The first-order valence-corrected chi connectivity index (χ1v) is 5.24. The van der Waals surface area contributed by atoms with Crippen LogP contribution in [0.4, 0.5) is 0 Å². The maximum atomic E-state index is 11.6. The van der Waals surface area contributed by atoms with Gasteiger partial charge >= 0.3 is 0 Å². The molecule has 0 spiro atoms. The Morgan fingerprint density at radius 1 is 1.19 bits per heavy atom. The van der Waals surface area contributed by atoms with E-state index in [-0.39, 0.29) is 5.91 Å². The van der Waals surface area contributed by atoms with E-state index in [0.717, 1.165) is 5.56 Å². The first-order valence-electron chi connectivity index (χ1n) is 4.87. The Kier molecular flexibility index (Phi) is 3.22. The van der Waals surface area contributed by atoms with E-state index in [1.54, 1.807) is 30.6 Å². The Morgan fingerprint density at radius 2 is 1.94 bits per heavy atom. The minimum Gasteiger partial charge on any atom is -0.291 e. The van der Waals surface area contributed by atoms with Crippen molar-refractivity contribution in [3.8, 4) is 0 Å². The predicted molar refractivity (Wildman–Crippen MR) is 65.5 cm³/mol. The summed E-state index contributed by atoms with van der Waals surface area (Å²) in [5, 5.41) is 0.663. The number of aromatic nitrogens is 1. The number of rotatable bonds is 2. The van der Waals surface area contributed by atoms with Crippen LogP contribution < -0.4 is 0 Å². The highest BCUT2D eigenvalue weighted by molar-refractivity contribution is 6.30. The van der Waals surface area contributed by atoms with Crippen molar-refractivity contribution in [1.82, 2.24) is 4.57 Å². The van der Waals surface area contributed by atoms with Gasteiger partial charge in [-0.1, -0.05) is 23.7 Å². The van der Waals surface area contributed by atoms with Gasteiger partial charge in [-0.3, -0.25) is 9.36 Å². The van der Waals surface area contributed by atoms with E-state index in [1.165, 1.54) is 10.6 Å². The van der Waals surface area contributed by atoms with Gasteiger partial charge in [-0.25, -0.2) is 0 Å². The summed E-state index contributed by atoms with van der Waals surface area (Å²) in [4.78, 5) is 11.6. The third-order valence-corrected chi connectivity index (χ3v) is 2.36. The van der Waals surface area contributed by atoms with Crippen LogP contribution in [0.3, 0.4) is 0 Å². The van der Waals surface area contributed by atoms with E-state index >= 15 is 0 Å². The number of carbonyl (C=O) groups excluding carboxylic acids is 1. The molecule has 1 aromatic carbocycles. The molecule has 80 valence electrons. The molecule has 0 atom stereocenters. The molecule has 1 heterocycles. The average molecular weight is 232 g/mol. The molecule has 0 aliphatic heterocycles. The van der Waals surface area contributed by atoms with E-state index in [9.17, 15) is 4.79 Å². The third kappa shape index (κ3) is 2.61. The SMILES string of the molecule is O=C(/C=C/c1cccc(Cl)c1)n1cccc1. The average Bonchev–Trinajstić information content (AvgIpc) is 2.79. The fraction of sp³-hybridized carbons (Fsp3) is 0. The molecule has 16 heavy (non-hydrogen) atoms. The lowest BCUT2D eigenvalue weighted by molar-refractivity contribution is 0.0970. The maximum Gasteiger partial charge on any atom is 0.254 e. The lowest BCUT2D eigenvalue weighted by Crippen LogP contribution is -2.03. The second-order valence-corrected chi connectivity index (χ2v) is 3.75. The molecule has 2 nitrogen and oxygen atoms in total. The molecule has 0 amide bonds. The number of hydrogen-bond donors (Lipinski definition) is 0. The molecule has 0 radical (unpaired) electrons. The zero-order chi connectivity index (χ0) is 11.4. The first-order chi connectivity index (χ1) is 7.75. The second-order valence-electron chi connectivity index (χ2n) is 3.32. The fourth-order valence-corrected chi connectivity index (χ4v) is 1.54. The number of carbonyl (C=O) groups is 1. The predicted octanol–water partition coefficient (Wildman–Crippen LogP) is 3.50. The zero-order valence-electron chi connectivity index (χ0n) is 8.51. The summed E-state index contributed by atoms with van der Waals surface area (Å²) >= 11 is 5.84. The summed E-state index contributed by atoms with van der Waals surface area (Å²) in [6, 6.07) is 11.0. The first kappa shape index (κ1) is 10.7. The molecular weight excluding hydrogens is 222 g/mol. The van der Waals surface area contributed by atoms with Crippen molar-refractivity contribution in [3.05, 3.63) is 65.5 Å². The van der Waals surface area contributed by atoms with Crippen molar-refractivity contribution >= 4 is 23.6 Å². The van der Waals surface area contributed by atoms with E-state index in [0.29, 0.717) is 5.02 Å². The summed E-state index contributed by atoms with van der Waals surface area (Å²) in [5.41, 5.74) is 0.910. The molecule has 0 fully saturated rings. The monoisotopic (exact) mass is 231 g/mol. The van der Waals surface area contributed by atoms with Gasteiger partial charge < -0.3 is 0 Å². The highest BCUT2D eigenvalue weighted by Gasteiger charge is 1.96. The van der Waals surface area contributed by atoms with Crippen LogP contribution >= 0.6 is 11.6 Å². The fourth-order valence-electron chi connectivity index (χ4n) is 1.35. The molecule has 1 aromatic heterocycles. The number of nitrogens with zero attached hydrogens (tertiary/aromatic N) is 1. The van der Waals surface area contributed by atoms with Gasteiger partial charge in [0.15, 0.2) is 0 Å². The Morgan fingerprint density at radius 3 is 2.62 bits per heavy atom. The van der Waals surface area contributed by atoms with Crippen LogP contribution in [0.5, 0.6) is 0 Å². The lowest BCUT2D eigenvalue weighted by atomic mass is 10.2. The second kappa shape index (κ2) is 4.81. The van der Waals surface area contributed by atoms with Gasteiger partial charge in [-0.15, -0.1) is 0 Å². The van der Waals surface area contributed by atoms with Crippen molar-refractivity contribution in [2.45, 2.75) is 0 Å².